The molecule has 0 saturated carbocycles. The van der Waals surface area contributed by atoms with Crippen molar-refractivity contribution in [3.8, 4) is 10.4 Å². The highest BCUT2D eigenvalue weighted by atomic mass is 79.9. The number of benzene rings is 1. The maximum Gasteiger partial charge on any atom is 0.416 e. The molecule has 0 aliphatic rings. The number of rotatable bonds is 4. The van der Waals surface area contributed by atoms with Crippen LogP contribution in [0.2, 0.25) is 0 Å². The fourth-order valence-electron chi connectivity index (χ4n) is 1.81. The summed E-state index contributed by atoms with van der Waals surface area (Å²) in [6, 6.07) is 7.91. The van der Waals surface area contributed by atoms with Gasteiger partial charge in [-0.25, -0.2) is 0 Å². The van der Waals surface area contributed by atoms with Crippen molar-refractivity contribution >= 4 is 27.3 Å². The number of alkyl halides is 3. The molecule has 0 aliphatic heterocycles. The highest BCUT2D eigenvalue weighted by Crippen LogP contribution is 2.38. The predicted octanol–water partition coefficient (Wildman–Crippen LogP) is 5.69. The Morgan fingerprint density at radius 1 is 1.19 bits per heavy atom. The first-order chi connectivity index (χ1) is 9.77. The third-order valence-corrected chi connectivity index (χ3v) is 4.72. The Balaban J connectivity index is 2.29. The van der Waals surface area contributed by atoms with Gasteiger partial charge in [0, 0.05) is 32.4 Å². The van der Waals surface area contributed by atoms with Gasteiger partial charge in [-0.3, -0.25) is 0 Å². The summed E-state index contributed by atoms with van der Waals surface area (Å²) in [6.07, 6.45) is -4.32. The number of halogens is 4. The van der Waals surface area contributed by atoms with Gasteiger partial charge in [0.2, 0.25) is 0 Å². The number of thiophene rings is 1. The summed E-state index contributed by atoms with van der Waals surface area (Å²) >= 11 is 4.83. The van der Waals surface area contributed by atoms with Gasteiger partial charge in [0.05, 0.1) is 5.56 Å². The van der Waals surface area contributed by atoms with Crippen LogP contribution in [0.1, 0.15) is 24.3 Å². The Morgan fingerprint density at radius 2 is 1.90 bits per heavy atom. The molecule has 6 heteroatoms. The zero-order valence-electron chi connectivity index (χ0n) is 11.6. The second kappa shape index (κ2) is 6.50. The fraction of sp³-hybridized carbons (Fsp3) is 0.333. The third-order valence-electron chi connectivity index (χ3n) is 2.91. The van der Waals surface area contributed by atoms with Gasteiger partial charge in [-0.2, -0.15) is 13.2 Å². The lowest BCUT2D eigenvalue weighted by Gasteiger charge is -2.09. The standard InChI is InChI=1S/C15H15BrF3NS/c1-9(2)20-8-11-4-6-14(21-11)12-7-10(15(17,18)19)3-5-13(12)16/h3-7,9,20H,8H2,1-2H3. The molecule has 0 atom stereocenters. The van der Waals surface area contributed by atoms with Crippen LogP contribution in [0.4, 0.5) is 13.2 Å². The Labute approximate surface area is 134 Å². The van der Waals surface area contributed by atoms with Gasteiger partial charge in [0.25, 0.3) is 0 Å². The molecule has 0 unspecified atom stereocenters. The highest BCUT2D eigenvalue weighted by molar-refractivity contribution is 9.10. The summed E-state index contributed by atoms with van der Waals surface area (Å²) in [5, 5.41) is 3.30. The van der Waals surface area contributed by atoms with E-state index in [-0.39, 0.29) is 0 Å². The minimum atomic E-state index is -4.32. The lowest BCUT2D eigenvalue weighted by molar-refractivity contribution is -0.137. The largest absolute Gasteiger partial charge is 0.416 e. The number of hydrogen-bond acceptors (Lipinski definition) is 2. The van der Waals surface area contributed by atoms with Crippen LogP contribution in [0.25, 0.3) is 10.4 Å². The summed E-state index contributed by atoms with van der Waals surface area (Å²) in [4.78, 5) is 1.93. The van der Waals surface area contributed by atoms with Crippen molar-refractivity contribution < 1.29 is 13.2 Å². The van der Waals surface area contributed by atoms with Crippen molar-refractivity contribution in [3.05, 3.63) is 45.2 Å². The molecule has 1 heterocycles. The van der Waals surface area contributed by atoms with Crippen LogP contribution in [0, 0.1) is 0 Å². The lowest BCUT2D eigenvalue weighted by atomic mass is 10.1. The molecule has 0 fully saturated rings. The molecule has 114 valence electrons. The maximum atomic E-state index is 12.8. The van der Waals surface area contributed by atoms with Gasteiger partial charge < -0.3 is 5.32 Å². The zero-order chi connectivity index (χ0) is 15.6. The zero-order valence-corrected chi connectivity index (χ0v) is 14.0. The molecule has 1 N–H and O–H groups in total. The van der Waals surface area contributed by atoms with E-state index >= 15 is 0 Å². The van der Waals surface area contributed by atoms with E-state index in [1.807, 2.05) is 12.1 Å². The van der Waals surface area contributed by atoms with E-state index in [9.17, 15) is 13.2 Å². The maximum absolute atomic E-state index is 12.8. The molecule has 0 aliphatic carbocycles. The Morgan fingerprint density at radius 3 is 2.52 bits per heavy atom. The molecule has 0 radical (unpaired) electrons. The van der Waals surface area contributed by atoms with Crippen LogP contribution >= 0.6 is 27.3 Å². The number of nitrogens with one attached hydrogen (secondary N) is 1. The van der Waals surface area contributed by atoms with E-state index in [2.05, 4.69) is 35.1 Å². The van der Waals surface area contributed by atoms with Crippen LogP contribution in [-0.2, 0) is 12.7 Å². The van der Waals surface area contributed by atoms with Crippen molar-refractivity contribution in [2.75, 3.05) is 0 Å². The van der Waals surface area contributed by atoms with Crippen LogP contribution < -0.4 is 5.32 Å². The van der Waals surface area contributed by atoms with Crippen LogP contribution in [0.15, 0.2) is 34.8 Å². The normalized spacial score (nSPS) is 12.1. The monoisotopic (exact) mass is 377 g/mol. The minimum Gasteiger partial charge on any atom is -0.310 e. The first-order valence-corrected chi connectivity index (χ1v) is 8.07. The summed E-state index contributed by atoms with van der Waals surface area (Å²) in [5.74, 6) is 0. The smallest absolute Gasteiger partial charge is 0.310 e. The predicted molar refractivity (Wildman–Crippen MR) is 84.4 cm³/mol. The molecule has 2 aromatic rings. The average Bonchev–Trinajstić information content (AvgIpc) is 2.84. The second-order valence-electron chi connectivity index (χ2n) is 4.99. The molecule has 1 nitrogen and oxygen atoms in total. The van der Waals surface area contributed by atoms with Crippen LogP contribution in [0.5, 0.6) is 0 Å². The lowest BCUT2D eigenvalue weighted by Crippen LogP contribution is -2.21. The molecule has 0 spiro atoms. The summed E-state index contributed by atoms with van der Waals surface area (Å²) in [7, 11) is 0. The molecular formula is C15H15BrF3NS. The minimum absolute atomic E-state index is 0.371. The van der Waals surface area contributed by atoms with Gasteiger partial charge in [-0.15, -0.1) is 11.3 Å². The average molecular weight is 378 g/mol. The van der Waals surface area contributed by atoms with E-state index < -0.39 is 11.7 Å². The van der Waals surface area contributed by atoms with Crippen molar-refractivity contribution in [2.45, 2.75) is 32.6 Å². The molecule has 0 amide bonds. The van der Waals surface area contributed by atoms with E-state index in [1.54, 1.807) is 0 Å². The Hall–Kier alpha value is -0.850. The van der Waals surface area contributed by atoms with E-state index in [0.29, 0.717) is 16.1 Å². The molecule has 2 rings (SSSR count). The second-order valence-corrected chi connectivity index (χ2v) is 7.02. The van der Waals surface area contributed by atoms with Gasteiger partial charge in [0.1, 0.15) is 0 Å². The summed E-state index contributed by atoms with van der Waals surface area (Å²) in [5.41, 5.74) is -0.0541. The van der Waals surface area contributed by atoms with E-state index in [1.165, 1.54) is 23.5 Å². The molecule has 1 aromatic heterocycles. The van der Waals surface area contributed by atoms with Crippen molar-refractivity contribution in [1.29, 1.82) is 0 Å². The summed E-state index contributed by atoms with van der Waals surface area (Å²) in [6.45, 7) is 4.83. The van der Waals surface area contributed by atoms with Gasteiger partial charge in [-0.1, -0.05) is 29.8 Å². The fourth-order valence-corrected chi connectivity index (χ4v) is 3.39. The Kier molecular flexibility index (Phi) is 5.11. The van der Waals surface area contributed by atoms with Crippen molar-refractivity contribution in [3.63, 3.8) is 0 Å². The van der Waals surface area contributed by atoms with Crippen molar-refractivity contribution in [1.82, 2.24) is 5.32 Å². The summed E-state index contributed by atoms with van der Waals surface area (Å²) < 4.78 is 39.1. The highest BCUT2D eigenvalue weighted by Gasteiger charge is 2.31. The third kappa shape index (κ3) is 4.31. The SMILES string of the molecule is CC(C)NCc1ccc(-c2cc(C(F)(F)F)ccc2Br)s1. The first kappa shape index (κ1) is 16.5. The van der Waals surface area contributed by atoms with Gasteiger partial charge in [0.15, 0.2) is 0 Å². The van der Waals surface area contributed by atoms with Crippen molar-refractivity contribution in [2.24, 2.45) is 0 Å². The quantitative estimate of drug-likeness (QED) is 0.720. The molecule has 21 heavy (non-hydrogen) atoms. The first-order valence-electron chi connectivity index (χ1n) is 6.46. The van der Waals surface area contributed by atoms with Crippen LogP contribution in [0.3, 0.4) is 0 Å². The molecule has 1 aromatic carbocycles. The molecule has 0 bridgehead atoms. The van der Waals surface area contributed by atoms with E-state index in [4.69, 9.17) is 0 Å². The molecule has 0 saturated heterocycles. The molecular weight excluding hydrogens is 363 g/mol. The van der Waals surface area contributed by atoms with Gasteiger partial charge >= 0.3 is 6.18 Å². The topological polar surface area (TPSA) is 12.0 Å². The van der Waals surface area contributed by atoms with E-state index in [0.717, 1.165) is 22.4 Å². The van der Waals surface area contributed by atoms with Crippen LogP contribution in [-0.4, -0.2) is 6.04 Å². The van der Waals surface area contributed by atoms with Gasteiger partial charge in [-0.05, 0) is 30.3 Å². The number of hydrogen-bond donors (Lipinski definition) is 1. The Bertz CT molecular complexity index is 620.